The predicted molar refractivity (Wildman–Crippen MR) is 128 cm³/mol. The van der Waals surface area contributed by atoms with Gasteiger partial charge in [-0.3, -0.25) is 9.59 Å². The molecule has 0 aliphatic heterocycles. The molecule has 2 aliphatic rings. The van der Waals surface area contributed by atoms with Crippen molar-refractivity contribution in [2.45, 2.75) is 105 Å². The molecule has 186 valence electrons. The van der Waals surface area contributed by atoms with Crippen molar-refractivity contribution in [2.24, 2.45) is 23.7 Å². The van der Waals surface area contributed by atoms with Gasteiger partial charge in [0.1, 0.15) is 5.78 Å². The molecule has 7 atom stereocenters. The number of carbonyl (C=O) groups excluding carboxylic acids is 1. The molecule has 0 amide bonds. The Kier molecular flexibility index (Phi) is 15.4. The molecule has 7 unspecified atom stereocenters. The summed E-state index contributed by atoms with van der Waals surface area (Å²) in [5.41, 5.74) is 1.23. The fourth-order valence-electron chi connectivity index (χ4n) is 4.23. The minimum absolute atomic E-state index is 0.0497. The Balaban J connectivity index is 0.000000911. The zero-order valence-corrected chi connectivity index (χ0v) is 20.8. The average Bonchev–Trinajstić information content (AvgIpc) is 2.73. The Bertz CT molecular complexity index is 611. The number of rotatable bonds is 9. The summed E-state index contributed by atoms with van der Waals surface area (Å²) in [4.78, 5) is 20.9. The number of Topliss-reactive ketones (excluding diaryl/α,β-unsaturated/α-hetero) is 1. The smallest absolute Gasteiger partial charge is 0.306 e. The van der Waals surface area contributed by atoms with Crippen molar-refractivity contribution in [3.63, 3.8) is 0 Å². The number of carbonyl (C=O) groups is 2. The number of aliphatic hydroxyl groups excluding tert-OH is 3. The number of carboxylic acids is 1. The highest BCUT2D eigenvalue weighted by Crippen LogP contribution is 2.42. The largest absolute Gasteiger partial charge is 0.481 e. The quantitative estimate of drug-likeness (QED) is 0.407. The van der Waals surface area contributed by atoms with Crippen LogP contribution in [0, 0.1) is 23.7 Å². The second-order valence-electron chi connectivity index (χ2n) is 8.97. The van der Waals surface area contributed by atoms with E-state index in [1.165, 1.54) is 12.5 Å². The van der Waals surface area contributed by atoms with E-state index in [1.807, 2.05) is 26.8 Å². The summed E-state index contributed by atoms with van der Waals surface area (Å²) in [7, 11) is 0. The average molecular weight is 455 g/mol. The van der Waals surface area contributed by atoms with Crippen LogP contribution in [0.5, 0.6) is 0 Å². The van der Waals surface area contributed by atoms with E-state index in [4.69, 9.17) is 5.11 Å². The third kappa shape index (κ3) is 11.4. The van der Waals surface area contributed by atoms with Crippen molar-refractivity contribution in [1.82, 2.24) is 0 Å². The lowest BCUT2D eigenvalue weighted by Crippen LogP contribution is -2.31. The zero-order chi connectivity index (χ0) is 24.8. The van der Waals surface area contributed by atoms with Crippen LogP contribution in [0.1, 0.15) is 86.5 Å². The Hall–Kier alpha value is -1.50. The molecule has 6 nitrogen and oxygen atoms in total. The number of fused-ring (bicyclic) bond motifs is 1. The number of aliphatic carboxylic acids is 1. The molecule has 0 aromatic rings. The number of allylic oxidation sites excluding steroid dienone is 3. The minimum atomic E-state index is -0.744. The Morgan fingerprint density at radius 3 is 2.28 bits per heavy atom. The molecule has 0 aromatic carbocycles. The van der Waals surface area contributed by atoms with Crippen molar-refractivity contribution < 1.29 is 30.0 Å². The standard InChI is InChI=1S/C19H30O4.C5H10O2.C2H6/c1-12-3-4-14-10-15(21)6-8-19(14)18(12)7-5-16(22)11-17(23)9-13(2)20;1-3-4(2)5(6)7;1-2/h3-4,10,12,15-19,21-23H,5-9,11H2,1-2H3;4H,3H2,1-2H3,(H,6,7);1-2H3. The Labute approximate surface area is 194 Å². The van der Waals surface area contributed by atoms with Crippen LogP contribution < -0.4 is 0 Å². The molecule has 0 saturated carbocycles. The van der Waals surface area contributed by atoms with Crippen LogP contribution in [0.3, 0.4) is 0 Å². The van der Waals surface area contributed by atoms with Crippen molar-refractivity contribution in [1.29, 1.82) is 0 Å². The zero-order valence-electron chi connectivity index (χ0n) is 20.8. The van der Waals surface area contributed by atoms with E-state index in [-0.39, 0.29) is 30.6 Å². The number of hydrogen-bond donors (Lipinski definition) is 4. The minimum Gasteiger partial charge on any atom is -0.481 e. The highest BCUT2D eigenvalue weighted by atomic mass is 16.4. The third-order valence-electron chi connectivity index (χ3n) is 6.31. The van der Waals surface area contributed by atoms with E-state index in [1.54, 1.807) is 6.92 Å². The van der Waals surface area contributed by atoms with Crippen molar-refractivity contribution in [3.05, 3.63) is 23.8 Å². The highest BCUT2D eigenvalue weighted by molar-refractivity contribution is 5.75. The summed E-state index contributed by atoms with van der Waals surface area (Å²) in [6.07, 6.45) is 9.12. The first-order chi connectivity index (χ1) is 15.0. The van der Waals surface area contributed by atoms with Crippen LogP contribution in [0.15, 0.2) is 23.8 Å². The molecule has 2 aliphatic carbocycles. The van der Waals surface area contributed by atoms with Crippen molar-refractivity contribution >= 4 is 11.8 Å². The first kappa shape index (κ1) is 30.5. The molecular formula is C26H46O6. The molecule has 0 heterocycles. The van der Waals surface area contributed by atoms with Crippen LogP contribution in [0.25, 0.3) is 0 Å². The van der Waals surface area contributed by atoms with Crippen molar-refractivity contribution in [3.8, 4) is 0 Å². The molecule has 0 radical (unpaired) electrons. The first-order valence-electron chi connectivity index (χ1n) is 12.2. The molecule has 6 heteroatoms. The topological polar surface area (TPSA) is 115 Å². The number of carboxylic acid groups (broad SMARTS) is 1. The lowest BCUT2D eigenvalue weighted by molar-refractivity contribution is -0.141. The van der Waals surface area contributed by atoms with Crippen LogP contribution in [0.4, 0.5) is 0 Å². The maximum Gasteiger partial charge on any atom is 0.306 e. The normalized spacial score (nSPS) is 26.7. The van der Waals surface area contributed by atoms with E-state index < -0.39 is 18.2 Å². The fourth-order valence-corrected chi connectivity index (χ4v) is 4.23. The maximum absolute atomic E-state index is 11.0. The second-order valence-corrected chi connectivity index (χ2v) is 8.97. The van der Waals surface area contributed by atoms with Gasteiger partial charge < -0.3 is 20.4 Å². The molecule has 0 spiro atoms. The lowest BCUT2D eigenvalue weighted by atomic mass is 9.67. The summed E-state index contributed by atoms with van der Waals surface area (Å²) in [5, 5.41) is 37.9. The lowest BCUT2D eigenvalue weighted by Gasteiger charge is -2.38. The summed E-state index contributed by atoms with van der Waals surface area (Å²) in [5.74, 6) is 0.460. The van der Waals surface area contributed by atoms with Gasteiger partial charge in [0.15, 0.2) is 0 Å². The molecule has 4 N–H and O–H groups in total. The van der Waals surface area contributed by atoms with E-state index >= 15 is 0 Å². The molecule has 0 aromatic heterocycles. The third-order valence-corrected chi connectivity index (χ3v) is 6.31. The highest BCUT2D eigenvalue weighted by Gasteiger charge is 2.33. The van der Waals surface area contributed by atoms with E-state index in [0.29, 0.717) is 24.2 Å². The Morgan fingerprint density at radius 2 is 1.78 bits per heavy atom. The molecule has 2 rings (SSSR count). The summed E-state index contributed by atoms with van der Waals surface area (Å²) in [6, 6.07) is 0. The van der Waals surface area contributed by atoms with Gasteiger partial charge in [-0.25, -0.2) is 0 Å². The van der Waals surface area contributed by atoms with Crippen molar-refractivity contribution in [2.75, 3.05) is 0 Å². The van der Waals surface area contributed by atoms with Gasteiger partial charge in [0, 0.05) is 6.42 Å². The molecule has 32 heavy (non-hydrogen) atoms. The van der Waals surface area contributed by atoms with Gasteiger partial charge in [-0.15, -0.1) is 0 Å². The monoisotopic (exact) mass is 454 g/mol. The fraction of sp³-hybridized carbons (Fsp3) is 0.769. The Morgan fingerprint density at radius 1 is 1.16 bits per heavy atom. The van der Waals surface area contributed by atoms with E-state index in [2.05, 4.69) is 19.1 Å². The van der Waals surface area contributed by atoms with Crippen LogP contribution in [-0.4, -0.2) is 50.5 Å². The SMILES string of the molecule is CC.CC(=O)CC(O)CC(O)CCC1C(C)C=CC2=CC(O)CCC21.CCC(C)C(=O)O. The van der Waals surface area contributed by atoms with Crippen LogP contribution in [0.2, 0.25) is 0 Å². The van der Waals surface area contributed by atoms with Crippen LogP contribution >= 0.6 is 0 Å². The predicted octanol–water partition coefficient (Wildman–Crippen LogP) is 4.52. The van der Waals surface area contributed by atoms with E-state index in [9.17, 15) is 24.9 Å². The molecular weight excluding hydrogens is 408 g/mol. The molecule has 0 fully saturated rings. The van der Waals surface area contributed by atoms with Gasteiger partial charge in [0.25, 0.3) is 0 Å². The number of ketones is 1. The summed E-state index contributed by atoms with van der Waals surface area (Å²) >= 11 is 0. The van der Waals surface area contributed by atoms with Gasteiger partial charge >= 0.3 is 5.97 Å². The van der Waals surface area contributed by atoms with Gasteiger partial charge in [-0.2, -0.15) is 0 Å². The van der Waals surface area contributed by atoms with Gasteiger partial charge in [0.05, 0.1) is 24.2 Å². The van der Waals surface area contributed by atoms with Crippen LogP contribution in [-0.2, 0) is 9.59 Å². The van der Waals surface area contributed by atoms with Gasteiger partial charge in [-0.05, 0) is 68.8 Å². The number of aliphatic hydroxyl groups is 3. The number of hydrogen-bond acceptors (Lipinski definition) is 5. The maximum atomic E-state index is 11.0. The van der Waals surface area contributed by atoms with Gasteiger partial charge in [0.2, 0.25) is 0 Å². The van der Waals surface area contributed by atoms with E-state index in [0.717, 1.165) is 25.7 Å². The second kappa shape index (κ2) is 16.2. The summed E-state index contributed by atoms with van der Waals surface area (Å²) < 4.78 is 0. The first-order valence-corrected chi connectivity index (χ1v) is 12.2. The molecule has 0 saturated heterocycles. The molecule has 0 bridgehead atoms. The summed E-state index contributed by atoms with van der Waals surface area (Å²) in [6.45, 7) is 11.2. The van der Waals surface area contributed by atoms with Gasteiger partial charge in [-0.1, -0.05) is 52.8 Å².